The summed E-state index contributed by atoms with van der Waals surface area (Å²) in [6.07, 6.45) is 0.781. The molecule has 1 fully saturated rings. The Morgan fingerprint density at radius 1 is 1.03 bits per heavy atom. The number of hydrogen-bond donors (Lipinski definition) is 0. The predicted octanol–water partition coefficient (Wildman–Crippen LogP) is 3.47. The average Bonchev–Trinajstić information content (AvgIpc) is 3.16. The molecule has 2 aliphatic heterocycles. The summed E-state index contributed by atoms with van der Waals surface area (Å²) >= 11 is 0. The number of carbonyl (C=O) groups excluding carboxylic acids is 1. The fourth-order valence-electron chi connectivity index (χ4n) is 4.93. The topological polar surface area (TPSA) is 81.5 Å². The Morgan fingerprint density at radius 2 is 1.86 bits per heavy atom. The van der Waals surface area contributed by atoms with Crippen LogP contribution in [0.3, 0.4) is 0 Å². The van der Waals surface area contributed by atoms with E-state index in [2.05, 4.69) is 4.90 Å². The summed E-state index contributed by atoms with van der Waals surface area (Å²) in [6, 6.07) is 12.1. The second-order valence-corrected chi connectivity index (χ2v) is 8.75. The summed E-state index contributed by atoms with van der Waals surface area (Å²) in [6.45, 7) is 7.06. The maximum atomic E-state index is 13.7. The number of ether oxygens (including phenoxy) is 3. The van der Waals surface area contributed by atoms with Crippen LogP contribution in [0.5, 0.6) is 11.5 Å². The highest BCUT2D eigenvalue weighted by Gasteiger charge is 2.42. The number of benzene rings is 2. The second kappa shape index (κ2) is 10.1. The van der Waals surface area contributed by atoms with E-state index in [1.807, 2.05) is 31.2 Å². The largest absolute Gasteiger partial charge is 0.497 e. The number of methoxy groups -OCH3 is 1. The highest BCUT2D eigenvalue weighted by Crippen LogP contribution is 2.39. The summed E-state index contributed by atoms with van der Waals surface area (Å²) < 4.78 is 22.5. The molecule has 0 spiro atoms. The molecule has 0 N–H and O–H groups in total. The number of morpholine rings is 1. The molecule has 1 atom stereocenters. The molecule has 0 radical (unpaired) electrons. The van der Waals surface area contributed by atoms with E-state index >= 15 is 0 Å². The first kappa shape index (κ1) is 23.4. The number of nitrogens with zero attached hydrogens (tertiary/aromatic N) is 2. The lowest BCUT2D eigenvalue weighted by Gasteiger charge is -2.29. The van der Waals surface area contributed by atoms with Crippen molar-refractivity contribution in [2.45, 2.75) is 19.4 Å². The van der Waals surface area contributed by atoms with Gasteiger partial charge in [-0.3, -0.25) is 14.5 Å². The van der Waals surface area contributed by atoms with Crippen LogP contribution in [-0.4, -0.2) is 68.8 Å². The third-order valence-electron chi connectivity index (χ3n) is 6.64. The van der Waals surface area contributed by atoms with Crippen LogP contribution in [0.2, 0.25) is 0 Å². The molecule has 5 rings (SSSR count). The van der Waals surface area contributed by atoms with Crippen molar-refractivity contribution in [3.63, 3.8) is 0 Å². The van der Waals surface area contributed by atoms with Gasteiger partial charge in [0.05, 0.1) is 43.9 Å². The van der Waals surface area contributed by atoms with Gasteiger partial charge in [0.25, 0.3) is 5.91 Å². The summed E-state index contributed by atoms with van der Waals surface area (Å²) in [4.78, 5) is 31.4. The van der Waals surface area contributed by atoms with Gasteiger partial charge in [-0.05, 0) is 43.2 Å². The molecule has 184 valence electrons. The minimum absolute atomic E-state index is 0.105. The van der Waals surface area contributed by atoms with Gasteiger partial charge in [0.2, 0.25) is 5.76 Å². The molecule has 1 amide bonds. The van der Waals surface area contributed by atoms with E-state index in [9.17, 15) is 9.59 Å². The van der Waals surface area contributed by atoms with Crippen LogP contribution in [0.1, 0.15) is 41.1 Å². The van der Waals surface area contributed by atoms with E-state index < -0.39 is 6.04 Å². The van der Waals surface area contributed by atoms with Crippen molar-refractivity contribution in [1.82, 2.24) is 9.80 Å². The maximum Gasteiger partial charge on any atom is 0.290 e. The fourth-order valence-corrected chi connectivity index (χ4v) is 4.93. The monoisotopic (exact) mass is 478 g/mol. The Morgan fingerprint density at radius 3 is 2.63 bits per heavy atom. The quantitative estimate of drug-likeness (QED) is 0.490. The summed E-state index contributed by atoms with van der Waals surface area (Å²) in [7, 11) is 1.55. The lowest BCUT2D eigenvalue weighted by molar-refractivity contribution is 0.0353. The number of fused-ring (bicyclic) bond motifs is 2. The lowest BCUT2D eigenvalue weighted by Crippen LogP contribution is -2.38. The Labute approximate surface area is 204 Å². The first-order valence-electron chi connectivity index (χ1n) is 12.1. The predicted molar refractivity (Wildman–Crippen MR) is 131 cm³/mol. The Balaban J connectivity index is 1.54. The van der Waals surface area contributed by atoms with Crippen LogP contribution in [0.25, 0.3) is 11.0 Å². The molecule has 1 aromatic heterocycles. The molecule has 8 heteroatoms. The fraction of sp³-hybridized carbons (Fsp3) is 0.407. The molecule has 1 saturated heterocycles. The van der Waals surface area contributed by atoms with Crippen LogP contribution in [0.15, 0.2) is 51.7 Å². The van der Waals surface area contributed by atoms with Crippen molar-refractivity contribution < 1.29 is 23.4 Å². The van der Waals surface area contributed by atoms with E-state index in [0.717, 1.165) is 44.8 Å². The van der Waals surface area contributed by atoms with Crippen LogP contribution in [0, 0.1) is 0 Å². The second-order valence-electron chi connectivity index (χ2n) is 8.75. The molecule has 2 aliphatic rings. The van der Waals surface area contributed by atoms with Crippen LogP contribution < -0.4 is 14.9 Å². The van der Waals surface area contributed by atoms with Crippen molar-refractivity contribution >= 4 is 16.9 Å². The summed E-state index contributed by atoms with van der Waals surface area (Å²) in [5.41, 5.74) is 1.36. The van der Waals surface area contributed by atoms with Crippen molar-refractivity contribution in [2.75, 3.05) is 53.1 Å². The first-order chi connectivity index (χ1) is 17.1. The lowest BCUT2D eigenvalue weighted by atomic mass is 9.98. The van der Waals surface area contributed by atoms with Gasteiger partial charge in [-0.1, -0.05) is 12.1 Å². The van der Waals surface area contributed by atoms with E-state index in [4.69, 9.17) is 18.6 Å². The molecule has 3 heterocycles. The van der Waals surface area contributed by atoms with Gasteiger partial charge in [-0.15, -0.1) is 0 Å². The van der Waals surface area contributed by atoms with Crippen LogP contribution in [-0.2, 0) is 4.74 Å². The molecule has 0 bridgehead atoms. The zero-order valence-corrected chi connectivity index (χ0v) is 20.1. The molecule has 8 nitrogen and oxygen atoms in total. The van der Waals surface area contributed by atoms with Crippen LogP contribution in [0.4, 0.5) is 0 Å². The minimum Gasteiger partial charge on any atom is -0.497 e. The molecular formula is C27H30N2O6. The zero-order chi connectivity index (χ0) is 24.4. The average molecular weight is 479 g/mol. The van der Waals surface area contributed by atoms with Gasteiger partial charge in [-0.25, -0.2) is 0 Å². The Kier molecular flexibility index (Phi) is 6.74. The number of hydrogen-bond acceptors (Lipinski definition) is 7. The zero-order valence-electron chi connectivity index (χ0n) is 20.1. The molecule has 1 unspecified atom stereocenters. The minimum atomic E-state index is -0.537. The third kappa shape index (κ3) is 4.51. The third-order valence-corrected chi connectivity index (χ3v) is 6.64. The maximum absolute atomic E-state index is 13.7. The molecule has 2 aromatic carbocycles. The first-order valence-corrected chi connectivity index (χ1v) is 12.1. The smallest absolute Gasteiger partial charge is 0.290 e. The Bertz CT molecular complexity index is 1280. The van der Waals surface area contributed by atoms with Crippen molar-refractivity contribution in [3.05, 3.63) is 69.6 Å². The molecule has 0 aliphatic carbocycles. The van der Waals surface area contributed by atoms with E-state index in [0.29, 0.717) is 41.2 Å². The van der Waals surface area contributed by atoms with Crippen LogP contribution >= 0.6 is 0 Å². The van der Waals surface area contributed by atoms with Crippen molar-refractivity contribution in [1.29, 1.82) is 0 Å². The highest BCUT2D eigenvalue weighted by atomic mass is 16.5. The van der Waals surface area contributed by atoms with E-state index in [1.54, 1.807) is 30.2 Å². The standard InChI is InChI=1S/C27H30N2O6/c1-3-34-20-7-4-6-18(16-20)24-23-25(30)21-9-8-19(32-2)17-22(21)35-26(23)27(31)29(24)11-5-10-28-12-14-33-15-13-28/h4,6-9,16-17,24H,3,5,10-15H2,1-2H3. The number of amides is 1. The Hall–Kier alpha value is -3.36. The number of carbonyl (C=O) groups is 1. The van der Waals surface area contributed by atoms with Gasteiger partial charge in [-0.2, -0.15) is 0 Å². The molecule has 3 aromatic rings. The van der Waals surface area contributed by atoms with Gasteiger partial charge >= 0.3 is 0 Å². The van der Waals surface area contributed by atoms with Gasteiger partial charge in [0.15, 0.2) is 5.43 Å². The summed E-state index contributed by atoms with van der Waals surface area (Å²) in [5.74, 6) is 1.10. The van der Waals surface area contributed by atoms with Gasteiger partial charge < -0.3 is 23.5 Å². The normalized spacial score (nSPS) is 18.2. The van der Waals surface area contributed by atoms with Crippen molar-refractivity contribution in [2.24, 2.45) is 0 Å². The molecule has 0 saturated carbocycles. The SMILES string of the molecule is CCOc1cccc(C2c3c(oc4cc(OC)ccc4c3=O)C(=O)N2CCCN2CCOCC2)c1. The summed E-state index contributed by atoms with van der Waals surface area (Å²) in [5, 5.41) is 0.429. The number of rotatable bonds is 8. The molecule has 35 heavy (non-hydrogen) atoms. The van der Waals surface area contributed by atoms with Crippen molar-refractivity contribution in [3.8, 4) is 11.5 Å². The van der Waals surface area contributed by atoms with Gasteiger partial charge in [0.1, 0.15) is 17.1 Å². The van der Waals surface area contributed by atoms with Gasteiger partial charge in [0, 0.05) is 32.2 Å². The van der Waals surface area contributed by atoms with E-state index in [1.165, 1.54) is 0 Å². The van der Waals surface area contributed by atoms with E-state index in [-0.39, 0.29) is 17.1 Å². The highest BCUT2D eigenvalue weighted by molar-refractivity contribution is 5.99. The molecular weight excluding hydrogens is 448 g/mol.